The van der Waals surface area contributed by atoms with Crippen molar-refractivity contribution >= 4 is 11.8 Å². The average Bonchev–Trinajstić information content (AvgIpc) is 3.31. The van der Waals surface area contributed by atoms with Crippen LogP contribution in [0.25, 0.3) is 0 Å². The molecular weight excluding hydrogens is 264 g/mol. The van der Waals surface area contributed by atoms with E-state index < -0.39 is 5.54 Å². The minimum absolute atomic E-state index is 0.0577. The van der Waals surface area contributed by atoms with Crippen LogP contribution in [0.1, 0.15) is 65.2 Å². The third kappa shape index (κ3) is 2.69. The van der Waals surface area contributed by atoms with E-state index in [2.05, 4.69) is 5.32 Å². The van der Waals surface area contributed by atoms with Crippen LogP contribution in [-0.4, -0.2) is 34.8 Å². The molecule has 2 unspecified atom stereocenters. The molecule has 3 rings (SSSR count). The summed E-state index contributed by atoms with van der Waals surface area (Å²) in [5.41, 5.74) is -0.641. The highest BCUT2D eigenvalue weighted by Gasteiger charge is 2.55. The topological polar surface area (TPSA) is 49.4 Å². The number of amides is 2. The molecule has 1 N–H and O–H groups in total. The molecule has 2 atom stereocenters. The zero-order valence-corrected chi connectivity index (χ0v) is 13.4. The summed E-state index contributed by atoms with van der Waals surface area (Å²) in [7, 11) is 0. The summed E-state index contributed by atoms with van der Waals surface area (Å²) < 4.78 is 0. The van der Waals surface area contributed by atoms with Crippen molar-refractivity contribution in [2.45, 2.75) is 76.8 Å². The molecule has 4 heteroatoms. The fraction of sp³-hybridized carbons (Fsp3) is 0.882. The second-order valence-electron chi connectivity index (χ2n) is 7.35. The molecule has 2 amide bonds. The van der Waals surface area contributed by atoms with Crippen molar-refractivity contribution in [3.63, 3.8) is 0 Å². The second kappa shape index (κ2) is 5.62. The first-order valence-electron chi connectivity index (χ1n) is 8.69. The lowest BCUT2D eigenvalue weighted by Gasteiger charge is -2.46. The Morgan fingerprint density at radius 1 is 1.14 bits per heavy atom. The zero-order valence-electron chi connectivity index (χ0n) is 13.4. The second-order valence-corrected chi connectivity index (χ2v) is 7.35. The van der Waals surface area contributed by atoms with Gasteiger partial charge >= 0.3 is 0 Å². The Balaban J connectivity index is 1.78. The average molecular weight is 292 g/mol. The molecule has 3 aliphatic rings. The van der Waals surface area contributed by atoms with Crippen LogP contribution < -0.4 is 5.32 Å². The predicted octanol–water partition coefficient (Wildman–Crippen LogP) is 2.47. The van der Waals surface area contributed by atoms with Gasteiger partial charge in [0.15, 0.2) is 0 Å². The van der Waals surface area contributed by atoms with Gasteiger partial charge in [0, 0.05) is 6.54 Å². The van der Waals surface area contributed by atoms with Crippen molar-refractivity contribution in [1.29, 1.82) is 0 Å². The van der Waals surface area contributed by atoms with E-state index in [1.807, 2.05) is 18.7 Å². The first-order valence-corrected chi connectivity index (χ1v) is 8.69. The smallest absolute Gasteiger partial charge is 0.249 e. The lowest BCUT2D eigenvalue weighted by atomic mass is 9.85. The molecule has 118 valence electrons. The number of hydrogen-bond acceptors (Lipinski definition) is 2. The number of nitrogens with one attached hydrogen (secondary N) is 1. The predicted molar refractivity (Wildman–Crippen MR) is 81.6 cm³/mol. The minimum Gasteiger partial charge on any atom is -0.340 e. The molecule has 4 nitrogen and oxygen atoms in total. The summed E-state index contributed by atoms with van der Waals surface area (Å²) in [6.45, 7) is 4.73. The number of rotatable bonds is 4. The van der Waals surface area contributed by atoms with Crippen molar-refractivity contribution in [2.24, 2.45) is 11.8 Å². The van der Waals surface area contributed by atoms with Gasteiger partial charge in [-0.3, -0.25) is 9.59 Å². The van der Waals surface area contributed by atoms with E-state index in [-0.39, 0.29) is 17.9 Å². The van der Waals surface area contributed by atoms with Gasteiger partial charge in [0.25, 0.3) is 0 Å². The largest absolute Gasteiger partial charge is 0.340 e. The number of hydrogen-bond donors (Lipinski definition) is 1. The maximum atomic E-state index is 13.0. The van der Waals surface area contributed by atoms with Crippen LogP contribution in [-0.2, 0) is 9.59 Å². The number of carbonyl (C=O) groups excluding carboxylic acids is 2. The fourth-order valence-corrected chi connectivity index (χ4v) is 4.18. The van der Waals surface area contributed by atoms with Crippen LogP contribution in [0.2, 0.25) is 0 Å². The van der Waals surface area contributed by atoms with Gasteiger partial charge in [-0.15, -0.1) is 0 Å². The molecule has 0 aromatic carbocycles. The summed E-state index contributed by atoms with van der Waals surface area (Å²) >= 11 is 0. The van der Waals surface area contributed by atoms with Gasteiger partial charge in [-0.1, -0.05) is 26.2 Å². The molecule has 2 aliphatic carbocycles. The zero-order chi connectivity index (χ0) is 15.0. The molecule has 0 radical (unpaired) electrons. The van der Waals surface area contributed by atoms with Crippen molar-refractivity contribution in [2.75, 3.05) is 6.54 Å². The van der Waals surface area contributed by atoms with E-state index in [1.165, 1.54) is 32.1 Å². The van der Waals surface area contributed by atoms with E-state index in [0.29, 0.717) is 18.3 Å². The van der Waals surface area contributed by atoms with E-state index in [1.54, 1.807) is 0 Å². The van der Waals surface area contributed by atoms with Crippen LogP contribution in [0.4, 0.5) is 0 Å². The summed E-state index contributed by atoms with van der Waals surface area (Å²) in [5, 5.41) is 3.04. The van der Waals surface area contributed by atoms with Crippen LogP contribution in [0.5, 0.6) is 0 Å². The van der Waals surface area contributed by atoms with Crippen LogP contribution in [0.15, 0.2) is 0 Å². The number of carbonyl (C=O) groups is 2. The molecule has 0 bridgehead atoms. The molecular formula is C17H28N2O2. The van der Waals surface area contributed by atoms with Crippen LogP contribution >= 0.6 is 0 Å². The summed E-state index contributed by atoms with van der Waals surface area (Å²) in [5.74, 6) is 1.16. The van der Waals surface area contributed by atoms with Crippen molar-refractivity contribution in [3.05, 3.63) is 0 Å². The highest BCUT2D eigenvalue weighted by Crippen LogP contribution is 2.42. The van der Waals surface area contributed by atoms with Gasteiger partial charge in [-0.2, -0.15) is 0 Å². The summed E-state index contributed by atoms with van der Waals surface area (Å²) in [6, 6.07) is -0.258. The Morgan fingerprint density at radius 2 is 1.81 bits per heavy atom. The maximum absolute atomic E-state index is 13.0. The number of nitrogens with zero attached hydrogens (tertiary/aromatic N) is 1. The highest BCUT2D eigenvalue weighted by molar-refractivity contribution is 6.00. The van der Waals surface area contributed by atoms with Crippen LogP contribution in [0, 0.1) is 11.8 Å². The van der Waals surface area contributed by atoms with Gasteiger partial charge < -0.3 is 10.2 Å². The van der Waals surface area contributed by atoms with Crippen molar-refractivity contribution in [1.82, 2.24) is 10.2 Å². The lowest BCUT2D eigenvalue weighted by Crippen LogP contribution is -2.70. The van der Waals surface area contributed by atoms with E-state index in [0.717, 1.165) is 19.4 Å². The van der Waals surface area contributed by atoms with Crippen molar-refractivity contribution < 1.29 is 9.59 Å². The maximum Gasteiger partial charge on any atom is 0.249 e. The molecule has 1 heterocycles. The molecule has 21 heavy (non-hydrogen) atoms. The molecule has 1 saturated heterocycles. The first kappa shape index (κ1) is 14.9. The Kier molecular flexibility index (Phi) is 3.98. The Morgan fingerprint density at radius 3 is 2.38 bits per heavy atom. The van der Waals surface area contributed by atoms with Gasteiger partial charge in [-0.05, 0) is 50.9 Å². The van der Waals surface area contributed by atoms with Gasteiger partial charge in [0.1, 0.15) is 11.6 Å². The van der Waals surface area contributed by atoms with Crippen molar-refractivity contribution in [3.8, 4) is 0 Å². The van der Waals surface area contributed by atoms with Gasteiger partial charge in [0.2, 0.25) is 11.8 Å². The number of piperazine rings is 1. The quantitative estimate of drug-likeness (QED) is 0.865. The molecule has 2 saturated carbocycles. The SMILES string of the molecule is CCC1C(=O)NC(C)(C2CC2)C(=O)N1CC1CCCCC1. The minimum atomic E-state index is -0.641. The Bertz CT molecular complexity index is 427. The highest BCUT2D eigenvalue weighted by atomic mass is 16.2. The van der Waals surface area contributed by atoms with Gasteiger partial charge in [0.05, 0.1) is 0 Å². The third-order valence-electron chi connectivity index (χ3n) is 5.73. The first-order chi connectivity index (χ1) is 10.1. The summed E-state index contributed by atoms with van der Waals surface area (Å²) in [4.78, 5) is 27.4. The van der Waals surface area contributed by atoms with E-state index in [9.17, 15) is 9.59 Å². The Labute approximate surface area is 127 Å². The normalized spacial score (nSPS) is 35.0. The summed E-state index contributed by atoms with van der Waals surface area (Å²) in [6.07, 6.45) is 9.13. The molecule has 3 fully saturated rings. The molecule has 0 aromatic rings. The molecule has 1 aliphatic heterocycles. The molecule has 0 aromatic heterocycles. The fourth-order valence-electron chi connectivity index (χ4n) is 4.18. The van der Waals surface area contributed by atoms with E-state index >= 15 is 0 Å². The van der Waals surface area contributed by atoms with Crippen LogP contribution in [0.3, 0.4) is 0 Å². The van der Waals surface area contributed by atoms with E-state index in [4.69, 9.17) is 0 Å². The monoisotopic (exact) mass is 292 g/mol. The Hall–Kier alpha value is -1.06. The third-order valence-corrected chi connectivity index (χ3v) is 5.73. The lowest BCUT2D eigenvalue weighted by molar-refractivity contribution is -0.156. The molecule has 0 spiro atoms. The standard InChI is InChI=1S/C17H28N2O2/c1-3-14-15(20)18-17(2,13-9-10-13)16(21)19(14)11-12-7-5-4-6-8-12/h12-14H,3-11H2,1-2H3,(H,18,20). The van der Waals surface area contributed by atoms with Gasteiger partial charge in [-0.25, -0.2) is 0 Å².